The van der Waals surface area contributed by atoms with Gasteiger partial charge in [0.1, 0.15) is 0 Å². The highest BCUT2D eigenvalue weighted by molar-refractivity contribution is 5.65. The van der Waals surface area contributed by atoms with Gasteiger partial charge in [0.2, 0.25) is 0 Å². The van der Waals surface area contributed by atoms with Crippen LogP contribution in [0.4, 0.5) is 0 Å². The lowest BCUT2D eigenvalue weighted by atomic mass is 10.2. The molecule has 0 unspecified atom stereocenters. The standard InChI is InChI=1S/C7H16.C4H8O2.C2H4O2/c1-3-5-7-6-4-2;1-3-6-4(2)5;1-2(3)4/h3-7H2,1-2H3;3H2,1-2H3;1H3,(H,3,4). The molecule has 0 radical (unpaired) electrons. The van der Waals surface area contributed by atoms with Crippen molar-refractivity contribution < 1.29 is 19.4 Å². The highest BCUT2D eigenvalue weighted by atomic mass is 16.5. The molecule has 0 aromatic heterocycles. The number of hydrogen-bond donors (Lipinski definition) is 1. The average Bonchev–Trinajstić information content (AvgIpc) is 2.18. The predicted octanol–water partition coefficient (Wildman–Crippen LogP) is 3.64. The van der Waals surface area contributed by atoms with Gasteiger partial charge in [-0.2, -0.15) is 0 Å². The molecule has 0 saturated carbocycles. The van der Waals surface area contributed by atoms with E-state index in [0.29, 0.717) is 6.61 Å². The van der Waals surface area contributed by atoms with E-state index in [1.54, 1.807) is 6.92 Å². The Morgan fingerprint density at radius 3 is 1.41 bits per heavy atom. The summed E-state index contributed by atoms with van der Waals surface area (Å²) >= 11 is 0. The van der Waals surface area contributed by atoms with Crippen LogP contribution >= 0.6 is 0 Å². The van der Waals surface area contributed by atoms with Crippen molar-refractivity contribution in [3.63, 3.8) is 0 Å². The molecule has 104 valence electrons. The molecule has 0 amide bonds. The first kappa shape index (κ1) is 21.2. The van der Waals surface area contributed by atoms with E-state index in [0.717, 1.165) is 6.92 Å². The van der Waals surface area contributed by atoms with Gasteiger partial charge in [0.25, 0.3) is 5.97 Å². The van der Waals surface area contributed by atoms with Crippen LogP contribution in [0.1, 0.15) is 66.7 Å². The number of esters is 1. The summed E-state index contributed by atoms with van der Waals surface area (Å²) in [4.78, 5) is 18.8. The molecule has 4 nitrogen and oxygen atoms in total. The molecule has 0 saturated heterocycles. The zero-order valence-electron chi connectivity index (χ0n) is 11.9. The average molecular weight is 248 g/mol. The number of carboxylic acids is 1. The van der Waals surface area contributed by atoms with Gasteiger partial charge in [-0.1, -0.05) is 46.0 Å². The van der Waals surface area contributed by atoms with E-state index >= 15 is 0 Å². The van der Waals surface area contributed by atoms with Crippen molar-refractivity contribution in [3.8, 4) is 0 Å². The molecule has 0 heterocycles. The molecule has 17 heavy (non-hydrogen) atoms. The predicted molar refractivity (Wildman–Crippen MR) is 70.0 cm³/mol. The van der Waals surface area contributed by atoms with Crippen LogP contribution in [-0.4, -0.2) is 23.7 Å². The molecular weight excluding hydrogens is 220 g/mol. The van der Waals surface area contributed by atoms with Crippen LogP contribution in [0.25, 0.3) is 0 Å². The molecule has 0 atom stereocenters. The number of carboxylic acid groups (broad SMARTS) is 1. The fourth-order valence-corrected chi connectivity index (χ4v) is 0.880. The highest BCUT2D eigenvalue weighted by Crippen LogP contribution is 2.00. The number of hydrogen-bond acceptors (Lipinski definition) is 3. The van der Waals surface area contributed by atoms with E-state index in [4.69, 9.17) is 9.90 Å². The van der Waals surface area contributed by atoms with Crippen LogP contribution in [-0.2, 0) is 14.3 Å². The van der Waals surface area contributed by atoms with E-state index in [-0.39, 0.29) is 5.97 Å². The van der Waals surface area contributed by atoms with E-state index in [9.17, 15) is 4.79 Å². The van der Waals surface area contributed by atoms with Gasteiger partial charge in [0.15, 0.2) is 0 Å². The van der Waals surface area contributed by atoms with Crippen molar-refractivity contribution in [2.75, 3.05) is 6.61 Å². The van der Waals surface area contributed by atoms with E-state index in [1.807, 2.05) is 0 Å². The minimum Gasteiger partial charge on any atom is -0.481 e. The Morgan fingerprint density at radius 1 is 0.941 bits per heavy atom. The quantitative estimate of drug-likeness (QED) is 0.596. The Labute approximate surface area is 105 Å². The summed E-state index contributed by atoms with van der Waals surface area (Å²) < 4.78 is 4.40. The normalized spacial score (nSPS) is 8.06. The number of rotatable bonds is 5. The topological polar surface area (TPSA) is 63.6 Å². The monoisotopic (exact) mass is 248 g/mol. The van der Waals surface area contributed by atoms with Crippen LogP contribution in [0, 0.1) is 0 Å². The van der Waals surface area contributed by atoms with E-state index in [2.05, 4.69) is 18.6 Å². The van der Waals surface area contributed by atoms with Crippen LogP contribution in [0.15, 0.2) is 0 Å². The second-order valence-corrected chi connectivity index (χ2v) is 3.50. The number of carbonyl (C=O) groups excluding carboxylic acids is 1. The molecule has 0 bridgehead atoms. The summed E-state index contributed by atoms with van der Waals surface area (Å²) in [5, 5.41) is 7.42. The van der Waals surface area contributed by atoms with Crippen LogP contribution < -0.4 is 0 Å². The molecule has 0 aromatic rings. The van der Waals surface area contributed by atoms with Crippen molar-refractivity contribution >= 4 is 11.9 Å². The third-order valence-electron chi connectivity index (χ3n) is 1.55. The fraction of sp³-hybridized carbons (Fsp3) is 0.846. The van der Waals surface area contributed by atoms with Gasteiger partial charge >= 0.3 is 5.97 Å². The molecule has 4 heteroatoms. The van der Waals surface area contributed by atoms with Crippen LogP contribution in [0.2, 0.25) is 0 Å². The molecule has 0 fully saturated rings. The maximum absolute atomic E-state index is 9.82. The van der Waals surface area contributed by atoms with Gasteiger partial charge in [-0.25, -0.2) is 0 Å². The van der Waals surface area contributed by atoms with Gasteiger partial charge in [0.05, 0.1) is 6.61 Å². The van der Waals surface area contributed by atoms with Gasteiger partial charge < -0.3 is 9.84 Å². The second kappa shape index (κ2) is 20.4. The lowest BCUT2D eigenvalue weighted by Gasteiger charge is -1.90. The largest absolute Gasteiger partial charge is 0.481 e. The maximum Gasteiger partial charge on any atom is 0.302 e. The Kier molecular flexibility index (Phi) is 25.5. The van der Waals surface area contributed by atoms with Crippen molar-refractivity contribution in [3.05, 3.63) is 0 Å². The van der Waals surface area contributed by atoms with Gasteiger partial charge in [0, 0.05) is 13.8 Å². The molecule has 0 rings (SSSR count). The summed E-state index contributed by atoms with van der Waals surface area (Å²) in [5.41, 5.74) is 0. The second-order valence-electron chi connectivity index (χ2n) is 3.50. The van der Waals surface area contributed by atoms with Crippen molar-refractivity contribution in [2.45, 2.75) is 66.7 Å². The van der Waals surface area contributed by atoms with Gasteiger partial charge in [-0.05, 0) is 6.92 Å². The van der Waals surface area contributed by atoms with Crippen molar-refractivity contribution in [1.82, 2.24) is 0 Å². The summed E-state index contributed by atoms with van der Waals surface area (Å²) in [7, 11) is 0. The molecule has 1 N–H and O–H groups in total. The molecule has 0 spiro atoms. The lowest BCUT2D eigenvalue weighted by Crippen LogP contribution is -1.95. The Hall–Kier alpha value is -1.06. The van der Waals surface area contributed by atoms with Crippen LogP contribution in [0.3, 0.4) is 0 Å². The van der Waals surface area contributed by atoms with Crippen molar-refractivity contribution in [1.29, 1.82) is 0 Å². The fourth-order valence-electron chi connectivity index (χ4n) is 0.880. The lowest BCUT2D eigenvalue weighted by molar-refractivity contribution is -0.140. The van der Waals surface area contributed by atoms with E-state index < -0.39 is 5.97 Å². The first-order valence-electron chi connectivity index (χ1n) is 6.25. The summed E-state index contributed by atoms with van der Waals surface area (Å²) in [6.07, 6.45) is 7.01. The molecule has 0 aliphatic rings. The van der Waals surface area contributed by atoms with Crippen LogP contribution in [0.5, 0.6) is 0 Å². The summed E-state index contributed by atoms with van der Waals surface area (Å²) in [5.74, 6) is -1.04. The number of unbranched alkanes of at least 4 members (excludes halogenated alkanes) is 4. The third kappa shape index (κ3) is 70.9. The highest BCUT2D eigenvalue weighted by Gasteiger charge is 1.81. The summed E-state index contributed by atoms with van der Waals surface area (Å²) in [6.45, 7) is 9.23. The molecular formula is C13H28O4. The SMILES string of the molecule is CC(=O)O.CCCCCCC.CCOC(C)=O. The zero-order chi connectivity index (χ0) is 14.1. The number of carbonyl (C=O) groups is 2. The minimum atomic E-state index is -0.833. The summed E-state index contributed by atoms with van der Waals surface area (Å²) in [6, 6.07) is 0. The first-order chi connectivity index (χ1) is 7.92. The minimum absolute atomic E-state index is 0.211. The Balaban J connectivity index is -0.000000180. The van der Waals surface area contributed by atoms with Gasteiger partial charge in [-0.3, -0.25) is 9.59 Å². The zero-order valence-corrected chi connectivity index (χ0v) is 11.9. The molecule has 0 aliphatic heterocycles. The third-order valence-corrected chi connectivity index (χ3v) is 1.55. The molecule has 0 aliphatic carbocycles. The Morgan fingerprint density at radius 2 is 1.29 bits per heavy atom. The smallest absolute Gasteiger partial charge is 0.302 e. The number of ether oxygens (including phenoxy) is 1. The van der Waals surface area contributed by atoms with Gasteiger partial charge in [-0.15, -0.1) is 0 Å². The van der Waals surface area contributed by atoms with E-state index in [1.165, 1.54) is 39.0 Å². The maximum atomic E-state index is 9.82. The number of aliphatic carboxylic acids is 1. The first-order valence-corrected chi connectivity index (χ1v) is 6.25. The Bertz CT molecular complexity index is 159. The van der Waals surface area contributed by atoms with Crippen molar-refractivity contribution in [2.24, 2.45) is 0 Å². The molecule has 0 aromatic carbocycles.